The van der Waals surface area contributed by atoms with Crippen molar-refractivity contribution in [3.63, 3.8) is 0 Å². The van der Waals surface area contributed by atoms with E-state index < -0.39 is 0 Å². The molecule has 1 heterocycles. The van der Waals surface area contributed by atoms with Crippen molar-refractivity contribution in [2.75, 3.05) is 6.54 Å². The average molecular weight is 274 g/mol. The van der Waals surface area contributed by atoms with E-state index in [1.165, 1.54) is 0 Å². The number of nitrogens with zero attached hydrogens (tertiary/aromatic N) is 1. The van der Waals surface area contributed by atoms with Crippen LogP contribution in [-0.2, 0) is 18.3 Å². The van der Waals surface area contributed by atoms with Crippen LogP contribution < -0.4 is 5.32 Å². The number of hydrogen-bond acceptors (Lipinski definition) is 2. The van der Waals surface area contributed by atoms with E-state index in [9.17, 15) is 9.90 Å². The molecule has 1 amide bonds. The molecule has 1 unspecified atom stereocenters. The highest BCUT2D eigenvalue weighted by molar-refractivity contribution is 5.89. The summed E-state index contributed by atoms with van der Waals surface area (Å²) in [5, 5.41) is 13.4. The zero-order valence-electron chi connectivity index (χ0n) is 12.1. The molecule has 2 rings (SSSR count). The topological polar surface area (TPSA) is 54.3 Å². The molecule has 0 aliphatic carbocycles. The van der Waals surface area contributed by atoms with E-state index in [1.54, 1.807) is 0 Å². The Morgan fingerprint density at radius 2 is 2.15 bits per heavy atom. The molecular formula is C16H22N2O2. The summed E-state index contributed by atoms with van der Waals surface area (Å²) < 4.78 is 2.04. The summed E-state index contributed by atoms with van der Waals surface area (Å²) in [5.74, 6) is 0.00431. The quantitative estimate of drug-likeness (QED) is 0.846. The molecule has 4 heteroatoms. The van der Waals surface area contributed by atoms with E-state index >= 15 is 0 Å². The third-order valence-corrected chi connectivity index (χ3v) is 3.60. The summed E-state index contributed by atoms with van der Waals surface area (Å²) in [6.45, 7) is 2.46. The van der Waals surface area contributed by atoms with Gasteiger partial charge in [0, 0.05) is 30.7 Å². The Bertz CT molecular complexity index is 589. The fraction of sp³-hybridized carbons (Fsp3) is 0.438. The predicted octanol–water partition coefficient (Wildman–Crippen LogP) is 2.00. The zero-order valence-corrected chi connectivity index (χ0v) is 12.1. The average Bonchev–Trinajstić information content (AvgIpc) is 2.76. The number of benzene rings is 1. The van der Waals surface area contributed by atoms with Gasteiger partial charge in [-0.15, -0.1) is 0 Å². The summed E-state index contributed by atoms with van der Waals surface area (Å²) in [6.07, 6.45) is 3.39. The van der Waals surface area contributed by atoms with Crippen molar-refractivity contribution in [3.8, 4) is 0 Å². The number of amides is 1. The third kappa shape index (κ3) is 3.39. The molecule has 0 saturated heterocycles. The Kier molecular flexibility index (Phi) is 4.79. The Morgan fingerprint density at radius 3 is 2.90 bits per heavy atom. The first-order valence-corrected chi connectivity index (χ1v) is 7.09. The van der Waals surface area contributed by atoms with Crippen LogP contribution in [0.4, 0.5) is 0 Å². The molecule has 0 aliphatic rings. The Labute approximate surface area is 119 Å². The molecule has 20 heavy (non-hydrogen) atoms. The van der Waals surface area contributed by atoms with Gasteiger partial charge in [0.1, 0.15) is 0 Å². The molecule has 1 aromatic heterocycles. The van der Waals surface area contributed by atoms with Crippen LogP contribution in [-0.4, -0.2) is 28.2 Å². The molecule has 1 atom stereocenters. The minimum absolute atomic E-state index is 0.00431. The van der Waals surface area contributed by atoms with Gasteiger partial charge in [0.15, 0.2) is 0 Å². The van der Waals surface area contributed by atoms with Crippen LogP contribution >= 0.6 is 0 Å². The lowest BCUT2D eigenvalue weighted by Gasteiger charge is -2.08. The number of para-hydroxylation sites is 1. The molecule has 108 valence electrons. The molecule has 2 N–H and O–H groups in total. The van der Waals surface area contributed by atoms with Crippen molar-refractivity contribution in [2.45, 2.75) is 32.3 Å². The van der Waals surface area contributed by atoms with Gasteiger partial charge < -0.3 is 15.0 Å². The van der Waals surface area contributed by atoms with Crippen molar-refractivity contribution < 1.29 is 9.90 Å². The second-order valence-corrected chi connectivity index (χ2v) is 5.16. The third-order valence-electron chi connectivity index (χ3n) is 3.60. The number of fused-ring (bicyclic) bond motifs is 1. The largest absolute Gasteiger partial charge is 0.393 e. The number of hydrogen-bond donors (Lipinski definition) is 2. The summed E-state index contributed by atoms with van der Waals surface area (Å²) in [6, 6.07) is 8.08. The Hall–Kier alpha value is -1.81. The van der Waals surface area contributed by atoms with Crippen LogP contribution in [0.5, 0.6) is 0 Å². The second-order valence-electron chi connectivity index (χ2n) is 5.16. The molecule has 4 nitrogen and oxygen atoms in total. The van der Waals surface area contributed by atoms with Gasteiger partial charge in [-0.2, -0.15) is 0 Å². The van der Waals surface area contributed by atoms with E-state index in [0.717, 1.165) is 22.9 Å². The van der Waals surface area contributed by atoms with Crippen LogP contribution in [0.3, 0.4) is 0 Å². The minimum atomic E-state index is -0.326. The van der Waals surface area contributed by atoms with E-state index in [2.05, 4.69) is 5.32 Å². The van der Waals surface area contributed by atoms with Crippen molar-refractivity contribution in [3.05, 3.63) is 36.0 Å². The molecule has 0 saturated carbocycles. The number of aliphatic hydroxyl groups is 1. The normalized spacial score (nSPS) is 12.6. The monoisotopic (exact) mass is 274 g/mol. The van der Waals surface area contributed by atoms with Crippen molar-refractivity contribution >= 4 is 16.8 Å². The SMILES string of the molecule is CCC(O)CCNC(=O)Cc1cn(C)c2ccccc12. The van der Waals surface area contributed by atoms with Gasteiger partial charge in [0.25, 0.3) is 0 Å². The van der Waals surface area contributed by atoms with E-state index in [4.69, 9.17) is 0 Å². The standard InChI is InChI=1S/C16H22N2O2/c1-3-13(19)8-9-17-16(20)10-12-11-18(2)15-7-5-4-6-14(12)15/h4-7,11,13,19H,3,8-10H2,1-2H3,(H,17,20). The highest BCUT2D eigenvalue weighted by Gasteiger charge is 2.10. The van der Waals surface area contributed by atoms with Crippen molar-refractivity contribution in [1.82, 2.24) is 9.88 Å². The number of carbonyl (C=O) groups is 1. The van der Waals surface area contributed by atoms with Crippen LogP contribution in [0.2, 0.25) is 0 Å². The molecule has 2 aromatic rings. The molecule has 0 aliphatic heterocycles. The van der Waals surface area contributed by atoms with E-state index in [0.29, 0.717) is 19.4 Å². The summed E-state index contributed by atoms with van der Waals surface area (Å²) >= 11 is 0. The maximum absolute atomic E-state index is 11.9. The summed E-state index contributed by atoms with van der Waals surface area (Å²) in [7, 11) is 1.99. The van der Waals surface area contributed by atoms with Gasteiger partial charge in [-0.1, -0.05) is 25.1 Å². The first-order valence-electron chi connectivity index (χ1n) is 7.09. The number of aromatic nitrogens is 1. The molecule has 0 fully saturated rings. The second kappa shape index (κ2) is 6.57. The molecule has 0 bridgehead atoms. The lowest BCUT2D eigenvalue weighted by Crippen LogP contribution is -2.28. The van der Waals surface area contributed by atoms with Gasteiger partial charge in [0.05, 0.1) is 12.5 Å². The number of carbonyl (C=O) groups excluding carboxylic acids is 1. The maximum atomic E-state index is 11.9. The minimum Gasteiger partial charge on any atom is -0.393 e. The summed E-state index contributed by atoms with van der Waals surface area (Å²) in [4.78, 5) is 11.9. The molecule has 0 radical (unpaired) electrons. The summed E-state index contributed by atoms with van der Waals surface area (Å²) in [5.41, 5.74) is 2.17. The van der Waals surface area contributed by atoms with Gasteiger partial charge in [-0.25, -0.2) is 0 Å². The van der Waals surface area contributed by atoms with Crippen molar-refractivity contribution in [1.29, 1.82) is 0 Å². The number of rotatable bonds is 6. The maximum Gasteiger partial charge on any atom is 0.224 e. The Balaban J connectivity index is 1.96. The first kappa shape index (κ1) is 14.6. The van der Waals surface area contributed by atoms with E-state index in [1.807, 2.05) is 49.0 Å². The first-order chi connectivity index (χ1) is 9.61. The number of aryl methyl sites for hydroxylation is 1. The number of aliphatic hydroxyl groups excluding tert-OH is 1. The predicted molar refractivity (Wildman–Crippen MR) is 80.5 cm³/mol. The number of nitrogens with one attached hydrogen (secondary N) is 1. The van der Waals surface area contributed by atoms with E-state index in [-0.39, 0.29) is 12.0 Å². The molecule has 0 spiro atoms. The van der Waals surface area contributed by atoms with Crippen LogP contribution in [0.25, 0.3) is 10.9 Å². The smallest absolute Gasteiger partial charge is 0.224 e. The molecule has 1 aromatic carbocycles. The molecular weight excluding hydrogens is 252 g/mol. The fourth-order valence-corrected chi connectivity index (χ4v) is 2.38. The van der Waals surface area contributed by atoms with Gasteiger partial charge in [-0.3, -0.25) is 4.79 Å². The highest BCUT2D eigenvalue weighted by Crippen LogP contribution is 2.20. The lowest BCUT2D eigenvalue weighted by atomic mass is 10.1. The van der Waals surface area contributed by atoms with Crippen LogP contribution in [0, 0.1) is 0 Å². The van der Waals surface area contributed by atoms with Crippen molar-refractivity contribution in [2.24, 2.45) is 7.05 Å². The van der Waals surface area contributed by atoms with Gasteiger partial charge in [-0.05, 0) is 24.5 Å². The lowest BCUT2D eigenvalue weighted by molar-refractivity contribution is -0.120. The zero-order chi connectivity index (χ0) is 14.5. The van der Waals surface area contributed by atoms with Gasteiger partial charge in [0.2, 0.25) is 5.91 Å². The fourth-order valence-electron chi connectivity index (χ4n) is 2.38. The van der Waals surface area contributed by atoms with Crippen LogP contribution in [0.1, 0.15) is 25.3 Å². The highest BCUT2D eigenvalue weighted by atomic mass is 16.3. The Morgan fingerprint density at radius 1 is 1.40 bits per heavy atom. The van der Waals surface area contributed by atoms with Crippen LogP contribution in [0.15, 0.2) is 30.5 Å². The van der Waals surface area contributed by atoms with Gasteiger partial charge >= 0.3 is 0 Å².